The number of guanidine groups is 1. The average Bonchev–Trinajstić information content (AvgIpc) is 2.90. The predicted molar refractivity (Wildman–Crippen MR) is 110 cm³/mol. The van der Waals surface area contributed by atoms with Crippen molar-refractivity contribution in [3.05, 3.63) is 18.0 Å². The Morgan fingerprint density at radius 1 is 1.40 bits per heavy atom. The Morgan fingerprint density at radius 3 is 2.60 bits per heavy atom. The van der Waals surface area contributed by atoms with E-state index >= 15 is 0 Å². The van der Waals surface area contributed by atoms with Crippen LogP contribution in [-0.4, -0.2) is 61.7 Å². The molecular weight excluding hydrogens is 459 g/mol. The lowest BCUT2D eigenvalue weighted by Gasteiger charge is -2.20. The minimum absolute atomic E-state index is 0. The summed E-state index contributed by atoms with van der Waals surface area (Å²) in [7, 11) is -1.37. The second-order valence-electron chi connectivity index (χ2n) is 5.82. The molecule has 1 unspecified atom stereocenters. The Morgan fingerprint density at radius 2 is 2.08 bits per heavy atom. The molecule has 1 heterocycles. The molecule has 4 N–H and O–H groups in total. The Kier molecular flexibility index (Phi) is 10.5. The largest absolute Gasteiger partial charge is 0.383 e. The standard InChI is InChI=1S/C14H28N6O3S.HI/c1-5-15-13(16-7-6-8-19-24(4,22)23)17-11-14(2,21)12-9-18-20(3)10-12;/h9-10,19,21H,5-8,11H2,1-4H3,(H2,15,16,17);1H. The zero-order valence-corrected chi connectivity index (χ0v) is 18.3. The van der Waals surface area contributed by atoms with Crippen LogP contribution in [0.1, 0.15) is 25.8 Å². The number of nitrogens with zero attached hydrogens (tertiary/aromatic N) is 3. The van der Waals surface area contributed by atoms with E-state index in [2.05, 4.69) is 25.4 Å². The quantitative estimate of drug-likeness (QED) is 0.165. The van der Waals surface area contributed by atoms with E-state index in [0.29, 0.717) is 37.6 Å². The van der Waals surface area contributed by atoms with Crippen LogP contribution < -0.4 is 15.4 Å². The van der Waals surface area contributed by atoms with Crippen molar-refractivity contribution in [2.24, 2.45) is 12.0 Å². The van der Waals surface area contributed by atoms with Crippen molar-refractivity contribution in [2.45, 2.75) is 25.9 Å². The Balaban J connectivity index is 0.00000576. The van der Waals surface area contributed by atoms with Gasteiger partial charge in [0.15, 0.2) is 5.96 Å². The summed E-state index contributed by atoms with van der Waals surface area (Å²) in [6, 6.07) is 0. The van der Waals surface area contributed by atoms with Crippen molar-refractivity contribution < 1.29 is 13.5 Å². The van der Waals surface area contributed by atoms with Gasteiger partial charge in [0.25, 0.3) is 0 Å². The van der Waals surface area contributed by atoms with Gasteiger partial charge in [-0.2, -0.15) is 5.10 Å². The third-order valence-electron chi connectivity index (χ3n) is 3.23. The molecule has 146 valence electrons. The molecule has 0 saturated carbocycles. The Labute approximate surface area is 166 Å². The van der Waals surface area contributed by atoms with E-state index in [4.69, 9.17) is 0 Å². The van der Waals surface area contributed by atoms with Crippen molar-refractivity contribution in [1.29, 1.82) is 0 Å². The maximum atomic E-state index is 11.0. The predicted octanol–water partition coefficient (Wildman–Crippen LogP) is -0.260. The van der Waals surface area contributed by atoms with E-state index in [9.17, 15) is 13.5 Å². The summed E-state index contributed by atoms with van der Waals surface area (Å²) in [5, 5.41) is 20.8. The lowest BCUT2D eigenvalue weighted by atomic mass is 10.0. The number of sulfonamides is 1. The Hall–Kier alpha value is -0.920. The molecule has 0 aliphatic rings. The van der Waals surface area contributed by atoms with Crippen LogP contribution in [0, 0.1) is 0 Å². The van der Waals surface area contributed by atoms with E-state index < -0.39 is 15.6 Å². The van der Waals surface area contributed by atoms with Crippen LogP contribution in [0.4, 0.5) is 0 Å². The van der Waals surface area contributed by atoms with Crippen LogP contribution in [0.25, 0.3) is 0 Å². The van der Waals surface area contributed by atoms with Gasteiger partial charge in [-0.1, -0.05) is 0 Å². The molecule has 0 amide bonds. The maximum Gasteiger partial charge on any atom is 0.208 e. The number of hydrogen-bond donors (Lipinski definition) is 4. The first-order chi connectivity index (χ1) is 11.1. The first-order valence-electron chi connectivity index (χ1n) is 7.82. The maximum absolute atomic E-state index is 11.0. The van der Waals surface area contributed by atoms with Gasteiger partial charge in [-0.15, -0.1) is 24.0 Å². The minimum atomic E-state index is -3.16. The van der Waals surface area contributed by atoms with Gasteiger partial charge in [0.2, 0.25) is 10.0 Å². The molecule has 9 nitrogen and oxygen atoms in total. The molecule has 0 aromatic carbocycles. The van der Waals surface area contributed by atoms with Crippen molar-refractivity contribution in [1.82, 2.24) is 25.1 Å². The van der Waals surface area contributed by atoms with Crippen LogP contribution >= 0.6 is 24.0 Å². The van der Waals surface area contributed by atoms with Crippen molar-refractivity contribution in [3.8, 4) is 0 Å². The molecule has 11 heteroatoms. The topological polar surface area (TPSA) is 121 Å². The fraction of sp³-hybridized carbons (Fsp3) is 0.714. The van der Waals surface area contributed by atoms with E-state index in [1.54, 1.807) is 31.0 Å². The number of aliphatic imine (C=N–C) groups is 1. The summed E-state index contributed by atoms with van der Waals surface area (Å²) in [6.07, 6.45) is 5.13. The van der Waals surface area contributed by atoms with Crippen LogP contribution in [0.3, 0.4) is 0 Å². The van der Waals surface area contributed by atoms with Crippen LogP contribution in [0.5, 0.6) is 0 Å². The third kappa shape index (κ3) is 9.97. The van der Waals surface area contributed by atoms with Gasteiger partial charge in [-0.3, -0.25) is 4.68 Å². The second-order valence-corrected chi connectivity index (χ2v) is 7.65. The molecule has 1 aromatic heterocycles. The third-order valence-corrected chi connectivity index (χ3v) is 3.95. The fourth-order valence-electron chi connectivity index (χ4n) is 1.92. The van der Waals surface area contributed by atoms with Crippen molar-refractivity contribution in [3.63, 3.8) is 0 Å². The summed E-state index contributed by atoms with van der Waals surface area (Å²) in [5.41, 5.74) is -0.420. The molecule has 0 fully saturated rings. The fourth-order valence-corrected chi connectivity index (χ4v) is 2.43. The van der Waals surface area contributed by atoms with E-state index in [1.165, 1.54) is 0 Å². The second kappa shape index (κ2) is 10.9. The average molecular weight is 488 g/mol. The summed E-state index contributed by atoms with van der Waals surface area (Å²) in [4.78, 5) is 4.39. The van der Waals surface area contributed by atoms with Gasteiger partial charge in [-0.05, 0) is 20.3 Å². The number of aromatic nitrogens is 2. The number of rotatable bonds is 9. The van der Waals surface area contributed by atoms with E-state index in [1.807, 2.05) is 6.92 Å². The summed E-state index contributed by atoms with van der Waals surface area (Å²) in [5.74, 6) is 0.570. The zero-order chi connectivity index (χ0) is 18.2. The lowest BCUT2D eigenvalue weighted by Crippen LogP contribution is -2.40. The van der Waals surface area contributed by atoms with E-state index in [-0.39, 0.29) is 30.5 Å². The molecule has 1 atom stereocenters. The van der Waals surface area contributed by atoms with Crippen LogP contribution in [-0.2, 0) is 22.7 Å². The lowest BCUT2D eigenvalue weighted by molar-refractivity contribution is 0.0672. The molecule has 0 spiro atoms. The zero-order valence-electron chi connectivity index (χ0n) is 15.1. The summed E-state index contributed by atoms with van der Waals surface area (Å²) >= 11 is 0. The molecule has 1 aromatic rings. The molecule has 1 rings (SSSR count). The van der Waals surface area contributed by atoms with Gasteiger partial charge in [-0.25, -0.2) is 18.1 Å². The van der Waals surface area contributed by atoms with Crippen molar-refractivity contribution >= 4 is 40.0 Å². The molecule has 0 radical (unpaired) electrons. The highest BCUT2D eigenvalue weighted by Crippen LogP contribution is 2.19. The van der Waals surface area contributed by atoms with Gasteiger partial charge >= 0.3 is 0 Å². The molecule has 0 saturated heterocycles. The first-order valence-corrected chi connectivity index (χ1v) is 9.71. The highest BCUT2D eigenvalue weighted by Gasteiger charge is 2.24. The summed E-state index contributed by atoms with van der Waals surface area (Å²) < 4.78 is 26.0. The highest BCUT2D eigenvalue weighted by atomic mass is 127. The molecular formula is C14H29IN6O3S. The van der Waals surface area contributed by atoms with Gasteiger partial charge in [0.05, 0.1) is 19.0 Å². The molecule has 0 aliphatic carbocycles. The molecule has 0 bridgehead atoms. The SMILES string of the molecule is CCNC(=NCC(C)(O)c1cnn(C)c1)NCCCNS(C)(=O)=O.I. The minimum Gasteiger partial charge on any atom is -0.383 e. The van der Waals surface area contributed by atoms with Crippen LogP contribution in [0.2, 0.25) is 0 Å². The normalized spacial score (nSPS) is 14.5. The van der Waals surface area contributed by atoms with E-state index in [0.717, 1.165) is 6.26 Å². The molecule has 0 aliphatic heterocycles. The van der Waals surface area contributed by atoms with Gasteiger partial charge in [0, 0.05) is 38.4 Å². The number of aryl methyl sites for hydroxylation is 1. The van der Waals surface area contributed by atoms with Gasteiger partial charge in [0.1, 0.15) is 5.60 Å². The monoisotopic (exact) mass is 488 g/mol. The van der Waals surface area contributed by atoms with Crippen LogP contribution in [0.15, 0.2) is 17.4 Å². The first kappa shape index (κ1) is 24.1. The number of hydrogen-bond acceptors (Lipinski definition) is 5. The Bertz CT molecular complexity index is 645. The van der Waals surface area contributed by atoms with Crippen molar-refractivity contribution in [2.75, 3.05) is 32.4 Å². The number of aliphatic hydroxyl groups is 1. The number of halogens is 1. The summed E-state index contributed by atoms with van der Waals surface area (Å²) in [6.45, 7) is 5.41. The molecule has 25 heavy (non-hydrogen) atoms. The van der Waals surface area contributed by atoms with Gasteiger partial charge < -0.3 is 15.7 Å². The smallest absolute Gasteiger partial charge is 0.208 e. The number of nitrogens with one attached hydrogen (secondary N) is 3. The highest BCUT2D eigenvalue weighted by molar-refractivity contribution is 14.0.